The number of rotatable bonds is 5. The molecule has 5 rings (SSSR count). The lowest BCUT2D eigenvalue weighted by molar-refractivity contribution is -0.129. The van der Waals surface area contributed by atoms with Crippen LogP contribution in [0.4, 0.5) is 5.69 Å². The zero-order chi connectivity index (χ0) is 22.2. The Morgan fingerprint density at radius 3 is 2.59 bits per heavy atom. The number of anilines is 1. The molecule has 0 radical (unpaired) electrons. The minimum Gasteiger partial charge on any atom is -0.495 e. The van der Waals surface area contributed by atoms with E-state index in [2.05, 4.69) is 5.32 Å². The lowest BCUT2D eigenvalue weighted by atomic mass is 10.1. The van der Waals surface area contributed by atoms with Crippen molar-refractivity contribution in [1.29, 1.82) is 0 Å². The maximum atomic E-state index is 13.1. The number of carbonyl (C=O) groups is 2. The summed E-state index contributed by atoms with van der Waals surface area (Å²) in [6, 6.07) is 21.2. The summed E-state index contributed by atoms with van der Waals surface area (Å²) in [7, 11) is 1.57. The second kappa shape index (κ2) is 8.04. The fourth-order valence-corrected chi connectivity index (χ4v) is 4.45. The molecule has 1 aliphatic heterocycles. The van der Waals surface area contributed by atoms with Gasteiger partial charge in [0.25, 0.3) is 0 Å². The van der Waals surface area contributed by atoms with Gasteiger partial charge >= 0.3 is 0 Å². The van der Waals surface area contributed by atoms with Gasteiger partial charge in [-0.05, 0) is 24.6 Å². The summed E-state index contributed by atoms with van der Waals surface area (Å²) < 4.78 is 11.5. The van der Waals surface area contributed by atoms with Crippen LogP contribution in [0.5, 0.6) is 5.75 Å². The smallest absolute Gasteiger partial charge is 0.229 e. The predicted molar refractivity (Wildman–Crippen MR) is 124 cm³/mol. The monoisotopic (exact) mass is 428 g/mol. The van der Waals surface area contributed by atoms with Gasteiger partial charge in [-0.1, -0.05) is 48.5 Å². The van der Waals surface area contributed by atoms with E-state index in [1.165, 1.54) is 0 Å². The van der Waals surface area contributed by atoms with E-state index in [1.807, 2.05) is 67.6 Å². The van der Waals surface area contributed by atoms with Crippen molar-refractivity contribution in [2.75, 3.05) is 19.0 Å². The first-order valence-corrected chi connectivity index (χ1v) is 10.7. The molecule has 162 valence electrons. The number of carbonyl (C=O) groups excluding carboxylic acids is 2. The summed E-state index contributed by atoms with van der Waals surface area (Å²) in [6.45, 7) is 2.38. The Morgan fingerprint density at radius 1 is 1.06 bits per heavy atom. The first-order valence-electron chi connectivity index (χ1n) is 10.7. The molecule has 0 bridgehead atoms. The van der Waals surface area contributed by atoms with Crippen LogP contribution in [-0.4, -0.2) is 30.4 Å². The lowest BCUT2D eigenvalue weighted by Gasteiger charge is -2.25. The number of nitrogens with zero attached hydrogens (tertiary/aromatic N) is 1. The molecule has 1 saturated heterocycles. The quantitative estimate of drug-likeness (QED) is 0.478. The van der Waals surface area contributed by atoms with Crippen LogP contribution in [0.25, 0.3) is 21.9 Å². The Bertz CT molecular complexity index is 1310. The number of amides is 2. The van der Waals surface area contributed by atoms with Crippen LogP contribution >= 0.6 is 0 Å². The minimum absolute atomic E-state index is 0.0128. The molecule has 3 aromatic carbocycles. The molecule has 32 heavy (non-hydrogen) atoms. The van der Waals surface area contributed by atoms with Gasteiger partial charge in [0.15, 0.2) is 0 Å². The second-order valence-electron chi connectivity index (χ2n) is 8.17. The highest BCUT2D eigenvalue weighted by Gasteiger charge is 2.37. The number of hydrogen-bond acceptors (Lipinski definition) is 4. The van der Waals surface area contributed by atoms with Crippen molar-refractivity contribution < 1.29 is 18.7 Å². The topological polar surface area (TPSA) is 71.8 Å². The van der Waals surface area contributed by atoms with Crippen molar-refractivity contribution in [3.63, 3.8) is 0 Å². The maximum Gasteiger partial charge on any atom is 0.229 e. The van der Waals surface area contributed by atoms with Crippen LogP contribution in [0.15, 0.2) is 71.1 Å². The van der Waals surface area contributed by atoms with Gasteiger partial charge in [0, 0.05) is 29.8 Å². The molecule has 1 N–H and O–H groups in total. The summed E-state index contributed by atoms with van der Waals surface area (Å²) in [5, 5.41) is 4.87. The van der Waals surface area contributed by atoms with Crippen molar-refractivity contribution in [3.05, 3.63) is 72.3 Å². The summed E-state index contributed by atoms with van der Waals surface area (Å²) in [6.07, 6.45) is 0.193. The van der Waals surface area contributed by atoms with Gasteiger partial charge in [0.2, 0.25) is 11.8 Å². The molecule has 1 aliphatic rings. The predicted octanol–water partition coefficient (Wildman–Crippen LogP) is 5.14. The zero-order valence-corrected chi connectivity index (χ0v) is 18.0. The molecule has 1 fully saturated rings. The fourth-order valence-electron chi connectivity index (χ4n) is 4.45. The third-order valence-electron chi connectivity index (χ3n) is 6.24. The van der Waals surface area contributed by atoms with E-state index in [4.69, 9.17) is 9.15 Å². The Hall–Kier alpha value is -3.80. The molecular weight excluding hydrogens is 404 g/mol. The van der Waals surface area contributed by atoms with Crippen LogP contribution in [0.1, 0.15) is 24.9 Å². The molecule has 6 heteroatoms. The molecule has 0 aliphatic carbocycles. The van der Waals surface area contributed by atoms with Gasteiger partial charge in [-0.25, -0.2) is 0 Å². The van der Waals surface area contributed by atoms with Crippen molar-refractivity contribution in [2.45, 2.75) is 19.4 Å². The van der Waals surface area contributed by atoms with E-state index >= 15 is 0 Å². The standard InChI is InChI=1S/C26H24N2O4/c1-16(17-8-4-3-5-9-17)28-15-18(12-25(28)29)26(30)27-21-14-23-20(13-24(21)31-2)19-10-6-7-11-22(19)32-23/h3-11,13-14,16,18H,12,15H2,1-2H3,(H,27,30)/t16-,18-/m0/s1. The Morgan fingerprint density at radius 2 is 1.81 bits per heavy atom. The van der Waals surface area contributed by atoms with E-state index in [0.29, 0.717) is 23.6 Å². The van der Waals surface area contributed by atoms with Crippen LogP contribution in [0, 0.1) is 5.92 Å². The molecule has 2 heterocycles. The summed E-state index contributed by atoms with van der Waals surface area (Å²) in [4.78, 5) is 27.5. The van der Waals surface area contributed by atoms with E-state index in [1.54, 1.807) is 18.1 Å². The average molecular weight is 428 g/mol. The molecule has 2 atom stereocenters. The van der Waals surface area contributed by atoms with E-state index in [9.17, 15) is 9.59 Å². The molecular formula is C26H24N2O4. The lowest BCUT2D eigenvalue weighted by Crippen LogP contribution is -2.30. The Kier molecular flexibility index (Phi) is 5.05. The first kappa shape index (κ1) is 20.1. The van der Waals surface area contributed by atoms with Crippen molar-refractivity contribution in [1.82, 2.24) is 4.90 Å². The number of furan rings is 1. The largest absolute Gasteiger partial charge is 0.495 e. The van der Waals surface area contributed by atoms with Crippen LogP contribution in [0.2, 0.25) is 0 Å². The number of benzene rings is 3. The normalized spacial score (nSPS) is 17.1. The van der Waals surface area contributed by atoms with Gasteiger partial charge < -0.3 is 19.4 Å². The van der Waals surface area contributed by atoms with Gasteiger partial charge in [-0.2, -0.15) is 0 Å². The molecule has 6 nitrogen and oxygen atoms in total. The van der Waals surface area contributed by atoms with Gasteiger partial charge in [0.1, 0.15) is 16.9 Å². The molecule has 2 amide bonds. The van der Waals surface area contributed by atoms with Gasteiger partial charge in [0.05, 0.1) is 24.8 Å². The summed E-state index contributed by atoms with van der Waals surface area (Å²) in [5.41, 5.74) is 3.04. The van der Waals surface area contributed by atoms with Crippen LogP contribution in [0.3, 0.4) is 0 Å². The molecule has 0 saturated carbocycles. The molecule has 0 unspecified atom stereocenters. The highest BCUT2D eigenvalue weighted by atomic mass is 16.5. The first-order chi connectivity index (χ1) is 15.5. The molecule has 0 spiro atoms. The fraction of sp³-hybridized carbons (Fsp3) is 0.231. The number of likely N-dealkylation sites (tertiary alicyclic amines) is 1. The number of methoxy groups -OCH3 is 1. The Balaban J connectivity index is 1.37. The number of nitrogens with one attached hydrogen (secondary N) is 1. The highest BCUT2D eigenvalue weighted by Crippen LogP contribution is 2.37. The number of fused-ring (bicyclic) bond motifs is 3. The third-order valence-corrected chi connectivity index (χ3v) is 6.24. The van der Waals surface area contributed by atoms with E-state index < -0.39 is 5.92 Å². The highest BCUT2D eigenvalue weighted by molar-refractivity contribution is 6.08. The van der Waals surface area contributed by atoms with E-state index in [-0.39, 0.29) is 24.3 Å². The third kappa shape index (κ3) is 3.47. The number of ether oxygens (including phenoxy) is 1. The van der Waals surface area contributed by atoms with Crippen molar-refractivity contribution in [2.24, 2.45) is 5.92 Å². The van der Waals surface area contributed by atoms with E-state index in [0.717, 1.165) is 21.9 Å². The average Bonchev–Trinajstić information content (AvgIpc) is 3.38. The summed E-state index contributed by atoms with van der Waals surface area (Å²) in [5.74, 6) is -0.0861. The second-order valence-corrected chi connectivity index (χ2v) is 8.17. The summed E-state index contributed by atoms with van der Waals surface area (Å²) >= 11 is 0. The number of hydrogen-bond donors (Lipinski definition) is 1. The molecule has 1 aromatic heterocycles. The van der Waals surface area contributed by atoms with Gasteiger partial charge in [-0.3, -0.25) is 9.59 Å². The van der Waals surface area contributed by atoms with Crippen LogP contribution in [-0.2, 0) is 9.59 Å². The Labute approximate surface area is 185 Å². The van der Waals surface area contributed by atoms with Crippen molar-refractivity contribution >= 4 is 39.4 Å². The van der Waals surface area contributed by atoms with Crippen LogP contribution < -0.4 is 10.1 Å². The number of para-hydroxylation sites is 1. The van der Waals surface area contributed by atoms with Crippen molar-refractivity contribution in [3.8, 4) is 5.75 Å². The zero-order valence-electron chi connectivity index (χ0n) is 18.0. The molecule has 4 aromatic rings. The van der Waals surface area contributed by atoms with Gasteiger partial charge in [-0.15, -0.1) is 0 Å². The minimum atomic E-state index is -0.426. The SMILES string of the molecule is COc1cc2c(cc1NC(=O)[C@H]1CC(=O)N([C@@H](C)c3ccccc3)C1)oc1ccccc12. The maximum absolute atomic E-state index is 13.1.